The quantitative estimate of drug-likeness (QED) is 0.804. The summed E-state index contributed by atoms with van der Waals surface area (Å²) < 4.78 is 0. The molecule has 0 saturated heterocycles. The van der Waals surface area contributed by atoms with Gasteiger partial charge in [0.05, 0.1) is 12.1 Å². The Morgan fingerprint density at radius 2 is 2.14 bits per heavy atom. The molecule has 0 unspecified atom stereocenters. The van der Waals surface area contributed by atoms with E-state index in [9.17, 15) is 4.79 Å². The van der Waals surface area contributed by atoms with E-state index in [1.807, 2.05) is 23.6 Å². The third-order valence-corrected chi connectivity index (χ3v) is 3.67. The van der Waals surface area contributed by atoms with Gasteiger partial charge in [0, 0.05) is 29.5 Å². The lowest BCUT2D eigenvalue weighted by molar-refractivity contribution is -0.115. The average molecular weight is 296 g/mol. The molecule has 0 aromatic carbocycles. The van der Waals surface area contributed by atoms with Crippen molar-refractivity contribution in [2.45, 2.75) is 6.42 Å². The SMILES string of the molecule is O=C(Cc1csc(-c2cccnc2)n1)Nc1ccccn1. The van der Waals surface area contributed by atoms with Crippen LogP contribution in [0.3, 0.4) is 0 Å². The van der Waals surface area contributed by atoms with Crippen molar-refractivity contribution >= 4 is 23.1 Å². The Morgan fingerprint density at radius 1 is 1.19 bits per heavy atom. The van der Waals surface area contributed by atoms with Crippen molar-refractivity contribution in [3.05, 3.63) is 60.0 Å². The average Bonchev–Trinajstić information content (AvgIpc) is 2.97. The third kappa shape index (κ3) is 3.49. The van der Waals surface area contributed by atoms with Crippen LogP contribution in [-0.2, 0) is 11.2 Å². The number of aromatic nitrogens is 3. The molecule has 3 rings (SSSR count). The molecular weight excluding hydrogens is 284 g/mol. The van der Waals surface area contributed by atoms with Crippen molar-refractivity contribution in [1.82, 2.24) is 15.0 Å². The Morgan fingerprint density at radius 3 is 2.90 bits per heavy atom. The van der Waals surface area contributed by atoms with Crippen LogP contribution in [0.1, 0.15) is 5.69 Å². The normalized spacial score (nSPS) is 10.3. The van der Waals surface area contributed by atoms with Gasteiger partial charge in [0.15, 0.2) is 0 Å². The summed E-state index contributed by atoms with van der Waals surface area (Å²) in [6.07, 6.45) is 5.35. The molecule has 0 radical (unpaired) electrons. The second-order valence-electron chi connectivity index (χ2n) is 4.33. The van der Waals surface area contributed by atoms with Crippen molar-refractivity contribution in [3.63, 3.8) is 0 Å². The number of pyridine rings is 2. The Hall–Kier alpha value is -2.60. The van der Waals surface area contributed by atoms with E-state index in [1.54, 1.807) is 30.7 Å². The smallest absolute Gasteiger partial charge is 0.231 e. The Kier molecular flexibility index (Phi) is 3.97. The second-order valence-corrected chi connectivity index (χ2v) is 5.18. The number of carbonyl (C=O) groups is 1. The molecular formula is C15H12N4OS. The highest BCUT2D eigenvalue weighted by molar-refractivity contribution is 7.13. The number of amides is 1. The topological polar surface area (TPSA) is 67.8 Å². The third-order valence-electron chi connectivity index (χ3n) is 2.73. The van der Waals surface area contributed by atoms with E-state index >= 15 is 0 Å². The van der Waals surface area contributed by atoms with Crippen LogP contribution in [0.25, 0.3) is 10.6 Å². The molecule has 3 heterocycles. The van der Waals surface area contributed by atoms with E-state index in [2.05, 4.69) is 20.3 Å². The van der Waals surface area contributed by atoms with Gasteiger partial charge in [0.1, 0.15) is 10.8 Å². The molecule has 21 heavy (non-hydrogen) atoms. The number of hydrogen-bond donors (Lipinski definition) is 1. The molecule has 0 saturated carbocycles. The Bertz CT molecular complexity index is 728. The molecule has 1 amide bonds. The monoisotopic (exact) mass is 296 g/mol. The maximum Gasteiger partial charge on any atom is 0.231 e. The summed E-state index contributed by atoms with van der Waals surface area (Å²) in [5.41, 5.74) is 1.70. The van der Waals surface area contributed by atoms with Gasteiger partial charge in [-0.05, 0) is 24.3 Å². The number of hydrogen-bond acceptors (Lipinski definition) is 5. The molecule has 0 aliphatic rings. The molecule has 0 fully saturated rings. The fourth-order valence-corrected chi connectivity index (χ4v) is 2.61. The zero-order valence-electron chi connectivity index (χ0n) is 11.1. The molecule has 3 aromatic heterocycles. The Balaban J connectivity index is 1.66. The lowest BCUT2D eigenvalue weighted by Gasteiger charge is -2.01. The number of anilines is 1. The minimum absolute atomic E-state index is 0.128. The first-order chi connectivity index (χ1) is 10.3. The van der Waals surface area contributed by atoms with Crippen LogP contribution >= 0.6 is 11.3 Å². The van der Waals surface area contributed by atoms with Gasteiger partial charge in [-0.25, -0.2) is 9.97 Å². The summed E-state index contributed by atoms with van der Waals surface area (Å²) in [5.74, 6) is 0.418. The molecule has 0 aliphatic heterocycles. The highest BCUT2D eigenvalue weighted by atomic mass is 32.1. The minimum atomic E-state index is -0.128. The summed E-state index contributed by atoms with van der Waals surface area (Å²) in [6, 6.07) is 9.19. The molecule has 0 aliphatic carbocycles. The molecule has 1 N–H and O–H groups in total. The van der Waals surface area contributed by atoms with E-state index in [-0.39, 0.29) is 12.3 Å². The van der Waals surface area contributed by atoms with Crippen molar-refractivity contribution in [2.75, 3.05) is 5.32 Å². The molecule has 6 heteroatoms. The molecule has 5 nitrogen and oxygen atoms in total. The predicted molar refractivity (Wildman–Crippen MR) is 81.9 cm³/mol. The van der Waals surface area contributed by atoms with E-state index < -0.39 is 0 Å². The lowest BCUT2D eigenvalue weighted by Crippen LogP contribution is -2.15. The second kappa shape index (κ2) is 6.23. The van der Waals surface area contributed by atoms with Crippen LogP contribution in [0.15, 0.2) is 54.3 Å². The maximum atomic E-state index is 11.9. The molecule has 0 spiro atoms. The first-order valence-electron chi connectivity index (χ1n) is 6.37. The number of rotatable bonds is 4. The zero-order valence-corrected chi connectivity index (χ0v) is 11.9. The fourth-order valence-electron chi connectivity index (χ4n) is 1.80. The lowest BCUT2D eigenvalue weighted by atomic mass is 10.3. The van der Waals surface area contributed by atoms with Gasteiger partial charge in [0.25, 0.3) is 0 Å². The van der Waals surface area contributed by atoms with Gasteiger partial charge in [0.2, 0.25) is 5.91 Å². The highest BCUT2D eigenvalue weighted by Gasteiger charge is 2.09. The standard InChI is InChI=1S/C15H12N4OS/c20-14(19-13-5-1-2-7-17-13)8-12-10-21-15(18-12)11-4-3-6-16-9-11/h1-7,9-10H,8H2,(H,17,19,20). The number of carbonyl (C=O) groups excluding carboxylic acids is 1. The summed E-state index contributed by atoms with van der Waals surface area (Å²) >= 11 is 1.50. The minimum Gasteiger partial charge on any atom is -0.310 e. The number of nitrogens with zero attached hydrogens (tertiary/aromatic N) is 3. The first-order valence-corrected chi connectivity index (χ1v) is 7.25. The van der Waals surface area contributed by atoms with Crippen LogP contribution in [0.5, 0.6) is 0 Å². The molecule has 3 aromatic rings. The predicted octanol–water partition coefficient (Wildman–Crippen LogP) is 2.78. The van der Waals surface area contributed by atoms with Crippen LogP contribution in [-0.4, -0.2) is 20.9 Å². The van der Waals surface area contributed by atoms with Gasteiger partial charge in [-0.2, -0.15) is 0 Å². The van der Waals surface area contributed by atoms with Crippen LogP contribution < -0.4 is 5.32 Å². The zero-order chi connectivity index (χ0) is 14.5. The van der Waals surface area contributed by atoms with Crippen molar-refractivity contribution in [1.29, 1.82) is 0 Å². The highest BCUT2D eigenvalue weighted by Crippen LogP contribution is 2.22. The van der Waals surface area contributed by atoms with Crippen LogP contribution in [0, 0.1) is 0 Å². The van der Waals surface area contributed by atoms with Gasteiger partial charge >= 0.3 is 0 Å². The number of nitrogens with one attached hydrogen (secondary N) is 1. The largest absolute Gasteiger partial charge is 0.310 e. The van der Waals surface area contributed by atoms with E-state index in [1.165, 1.54) is 11.3 Å². The van der Waals surface area contributed by atoms with Crippen LogP contribution in [0.4, 0.5) is 5.82 Å². The van der Waals surface area contributed by atoms with Crippen molar-refractivity contribution in [2.24, 2.45) is 0 Å². The first kappa shape index (κ1) is 13.4. The maximum absolute atomic E-state index is 11.9. The Labute approximate surface area is 125 Å². The van der Waals surface area contributed by atoms with Gasteiger partial charge < -0.3 is 5.32 Å². The molecule has 0 atom stereocenters. The van der Waals surface area contributed by atoms with E-state index in [0.717, 1.165) is 16.3 Å². The van der Waals surface area contributed by atoms with Gasteiger partial charge in [-0.15, -0.1) is 11.3 Å². The summed E-state index contributed by atoms with van der Waals surface area (Å²) in [5, 5.41) is 5.50. The van der Waals surface area contributed by atoms with Gasteiger partial charge in [-0.1, -0.05) is 6.07 Å². The van der Waals surface area contributed by atoms with Crippen molar-refractivity contribution in [3.8, 4) is 10.6 Å². The van der Waals surface area contributed by atoms with E-state index in [4.69, 9.17) is 0 Å². The molecule has 104 valence electrons. The summed E-state index contributed by atoms with van der Waals surface area (Å²) in [6.45, 7) is 0. The van der Waals surface area contributed by atoms with Crippen molar-refractivity contribution < 1.29 is 4.79 Å². The summed E-state index contributed by atoms with van der Waals surface area (Å²) in [7, 11) is 0. The van der Waals surface area contributed by atoms with Crippen LogP contribution in [0.2, 0.25) is 0 Å². The van der Waals surface area contributed by atoms with E-state index in [0.29, 0.717) is 5.82 Å². The van der Waals surface area contributed by atoms with Gasteiger partial charge in [-0.3, -0.25) is 9.78 Å². The summed E-state index contributed by atoms with van der Waals surface area (Å²) in [4.78, 5) is 24.5. The molecule has 0 bridgehead atoms. The fraction of sp³-hybridized carbons (Fsp3) is 0.0667. The number of thiazole rings is 1.